The molecule has 1 fully saturated rings. The Hall–Kier alpha value is -2.83. The molecule has 1 saturated heterocycles. The monoisotopic (exact) mass is 434 g/mol. The van der Waals surface area contributed by atoms with Gasteiger partial charge in [0.05, 0.1) is 11.6 Å². The normalized spacial score (nSPS) is 16.3. The minimum Gasteiger partial charge on any atom is -0.376 e. The Kier molecular flexibility index (Phi) is 5.42. The molecule has 0 spiro atoms. The minimum absolute atomic E-state index is 0.0715. The lowest BCUT2D eigenvalue weighted by Crippen LogP contribution is -2.31. The summed E-state index contributed by atoms with van der Waals surface area (Å²) in [6.45, 7) is 3.36. The van der Waals surface area contributed by atoms with E-state index < -0.39 is 0 Å². The molecule has 1 atom stereocenters. The van der Waals surface area contributed by atoms with E-state index in [1.807, 2.05) is 12.1 Å². The van der Waals surface area contributed by atoms with E-state index in [1.54, 1.807) is 12.3 Å². The molecule has 5 rings (SSSR count). The van der Waals surface area contributed by atoms with E-state index in [2.05, 4.69) is 29.4 Å². The fraction of sp³-hybridized carbons (Fsp3) is 0.280. The number of pyridine rings is 1. The van der Waals surface area contributed by atoms with E-state index in [0.717, 1.165) is 52.5 Å². The fourth-order valence-electron chi connectivity index (χ4n) is 4.15. The lowest BCUT2D eigenvalue weighted by atomic mass is 9.99. The summed E-state index contributed by atoms with van der Waals surface area (Å²) in [5.74, 6) is -0.441. The number of nitrogens with zero attached hydrogens (tertiary/aromatic N) is 1. The number of carbonyl (C=O) groups excluding carboxylic acids is 1. The summed E-state index contributed by atoms with van der Waals surface area (Å²) in [6.07, 6.45) is 4.81. The number of hydrogen-bond acceptors (Lipinski definition) is 4. The summed E-state index contributed by atoms with van der Waals surface area (Å²) in [6, 6.07) is 12.9. The third-order valence-electron chi connectivity index (χ3n) is 5.85. The highest BCUT2D eigenvalue weighted by molar-refractivity contribution is 7.22. The predicted octanol–water partition coefficient (Wildman–Crippen LogP) is 5.73. The first kappa shape index (κ1) is 20.1. The van der Waals surface area contributed by atoms with Crippen molar-refractivity contribution >= 4 is 38.2 Å². The number of nitrogens with one attached hydrogen (secondary N) is 1. The number of aromatic nitrogens is 1. The van der Waals surface area contributed by atoms with Crippen LogP contribution in [0.2, 0.25) is 0 Å². The van der Waals surface area contributed by atoms with Crippen LogP contribution in [0.25, 0.3) is 32.1 Å². The average molecular weight is 435 g/mol. The number of ether oxygens (including phenoxy) is 1. The second-order valence-electron chi connectivity index (χ2n) is 7.86. The molecule has 0 unspecified atom stereocenters. The number of amides is 1. The van der Waals surface area contributed by atoms with Crippen molar-refractivity contribution in [2.75, 3.05) is 13.2 Å². The van der Waals surface area contributed by atoms with Crippen molar-refractivity contribution in [2.45, 2.75) is 32.3 Å². The minimum atomic E-state index is -0.312. The number of fused-ring (bicyclic) bond motifs is 3. The summed E-state index contributed by atoms with van der Waals surface area (Å²) in [4.78, 5) is 18.4. The Bertz CT molecular complexity index is 1260. The molecule has 4 nitrogen and oxygen atoms in total. The maximum Gasteiger partial charge on any atom is 0.262 e. The van der Waals surface area contributed by atoms with Gasteiger partial charge in [0.1, 0.15) is 10.7 Å². The summed E-state index contributed by atoms with van der Waals surface area (Å²) < 4.78 is 20.5. The van der Waals surface area contributed by atoms with Gasteiger partial charge in [-0.25, -0.2) is 4.39 Å². The molecule has 0 aliphatic carbocycles. The number of halogens is 1. The molecule has 1 amide bonds. The lowest BCUT2D eigenvalue weighted by molar-refractivity contribution is 0.0861. The molecule has 3 heterocycles. The Morgan fingerprint density at radius 2 is 2.06 bits per heavy atom. The number of carbonyl (C=O) groups is 1. The molecule has 1 aliphatic rings. The third-order valence-corrected chi connectivity index (χ3v) is 7.09. The SMILES string of the molecule is CCc1ccc(-c2c(C(=O)NC[C@H]3CCCO3)sc3c2cnc2ccc(F)cc23)cc1. The van der Waals surface area contributed by atoms with Crippen molar-refractivity contribution < 1.29 is 13.9 Å². The molecular weight excluding hydrogens is 411 g/mol. The average Bonchev–Trinajstić information content (AvgIpc) is 3.45. The molecule has 2 aromatic carbocycles. The van der Waals surface area contributed by atoms with Gasteiger partial charge < -0.3 is 10.1 Å². The van der Waals surface area contributed by atoms with Gasteiger partial charge in [0.25, 0.3) is 5.91 Å². The van der Waals surface area contributed by atoms with Crippen molar-refractivity contribution in [3.8, 4) is 11.1 Å². The number of thiophene rings is 1. The number of hydrogen-bond donors (Lipinski definition) is 1. The van der Waals surface area contributed by atoms with Crippen LogP contribution in [-0.4, -0.2) is 30.1 Å². The molecule has 1 N–H and O–H groups in total. The van der Waals surface area contributed by atoms with Crippen LogP contribution in [0.15, 0.2) is 48.7 Å². The smallest absolute Gasteiger partial charge is 0.262 e. The summed E-state index contributed by atoms with van der Waals surface area (Å²) >= 11 is 1.40. The van der Waals surface area contributed by atoms with Crippen LogP contribution < -0.4 is 5.32 Å². The van der Waals surface area contributed by atoms with Crippen molar-refractivity contribution in [2.24, 2.45) is 0 Å². The van der Waals surface area contributed by atoms with Crippen LogP contribution >= 0.6 is 11.3 Å². The Labute approximate surface area is 184 Å². The van der Waals surface area contributed by atoms with E-state index in [4.69, 9.17) is 4.74 Å². The highest BCUT2D eigenvalue weighted by atomic mass is 32.1. The van der Waals surface area contributed by atoms with Gasteiger partial charge in [0.15, 0.2) is 0 Å². The van der Waals surface area contributed by atoms with Crippen LogP contribution in [0.5, 0.6) is 0 Å². The number of benzene rings is 2. The fourth-order valence-corrected chi connectivity index (χ4v) is 5.39. The van der Waals surface area contributed by atoms with Gasteiger partial charge in [-0.05, 0) is 48.6 Å². The van der Waals surface area contributed by atoms with Crippen molar-refractivity contribution in [3.05, 3.63) is 64.9 Å². The Balaban J connectivity index is 1.64. The molecule has 6 heteroatoms. The summed E-state index contributed by atoms with van der Waals surface area (Å²) in [7, 11) is 0. The van der Waals surface area contributed by atoms with Gasteiger partial charge >= 0.3 is 0 Å². The van der Waals surface area contributed by atoms with Gasteiger partial charge in [-0.2, -0.15) is 0 Å². The first-order valence-corrected chi connectivity index (χ1v) is 11.5. The van der Waals surface area contributed by atoms with Crippen LogP contribution in [0.1, 0.15) is 35.0 Å². The zero-order chi connectivity index (χ0) is 21.4. The van der Waals surface area contributed by atoms with Crippen LogP contribution in [-0.2, 0) is 11.2 Å². The van der Waals surface area contributed by atoms with Crippen molar-refractivity contribution in [3.63, 3.8) is 0 Å². The van der Waals surface area contributed by atoms with Crippen LogP contribution in [0, 0.1) is 5.82 Å². The molecular formula is C25H23FN2O2S. The number of rotatable bonds is 5. The molecule has 0 bridgehead atoms. The van der Waals surface area contributed by atoms with Gasteiger partial charge in [0.2, 0.25) is 0 Å². The molecule has 158 valence electrons. The molecule has 2 aromatic heterocycles. The van der Waals surface area contributed by atoms with E-state index in [0.29, 0.717) is 16.9 Å². The van der Waals surface area contributed by atoms with Gasteiger partial charge in [-0.3, -0.25) is 9.78 Å². The molecule has 31 heavy (non-hydrogen) atoms. The second kappa shape index (κ2) is 8.36. The maximum atomic E-state index is 14.0. The van der Waals surface area contributed by atoms with Gasteiger partial charge in [-0.1, -0.05) is 31.2 Å². The zero-order valence-electron chi connectivity index (χ0n) is 17.3. The molecule has 1 aliphatic heterocycles. The maximum absolute atomic E-state index is 14.0. The molecule has 0 saturated carbocycles. The largest absolute Gasteiger partial charge is 0.376 e. The number of aryl methyl sites for hydroxylation is 1. The first-order chi connectivity index (χ1) is 15.1. The van der Waals surface area contributed by atoms with E-state index in [-0.39, 0.29) is 17.8 Å². The van der Waals surface area contributed by atoms with E-state index in [9.17, 15) is 9.18 Å². The first-order valence-electron chi connectivity index (χ1n) is 10.6. The predicted molar refractivity (Wildman–Crippen MR) is 123 cm³/mol. The topological polar surface area (TPSA) is 51.2 Å². The highest BCUT2D eigenvalue weighted by Gasteiger charge is 2.23. The quantitative estimate of drug-likeness (QED) is 0.437. The third kappa shape index (κ3) is 3.82. The highest BCUT2D eigenvalue weighted by Crippen LogP contribution is 2.41. The molecule has 4 aromatic rings. The van der Waals surface area contributed by atoms with Crippen molar-refractivity contribution in [1.29, 1.82) is 0 Å². The van der Waals surface area contributed by atoms with Gasteiger partial charge in [-0.15, -0.1) is 11.3 Å². The second-order valence-corrected chi connectivity index (χ2v) is 8.88. The van der Waals surface area contributed by atoms with Crippen LogP contribution in [0.4, 0.5) is 4.39 Å². The van der Waals surface area contributed by atoms with Crippen LogP contribution in [0.3, 0.4) is 0 Å². The Morgan fingerprint density at radius 1 is 1.23 bits per heavy atom. The van der Waals surface area contributed by atoms with E-state index in [1.165, 1.54) is 29.0 Å². The standard InChI is InChI=1S/C25H23FN2O2S/c1-2-15-5-7-16(8-6-15)22-20-14-27-21-10-9-17(26)12-19(21)23(20)31-24(22)25(29)28-13-18-4-3-11-30-18/h5-10,12,14,18H,2-4,11,13H2,1H3,(H,28,29)/t18-/m1/s1. The van der Waals surface area contributed by atoms with Crippen molar-refractivity contribution in [1.82, 2.24) is 10.3 Å². The lowest BCUT2D eigenvalue weighted by Gasteiger charge is -2.11. The van der Waals surface area contributed by atoms with E-state index >= 15 is 0 Å². The van der Waals surface area contributed by atoms with Gasteiger partial charge in [0, 0.05) is 40.4 Å². The summed E-state index contributed by atoms with van der Waals surface area (Å²) in [5.41, 5.74) is 3.77. The molecule has 0 radical (unpaired) electrons. The zero-order valence-corrected chi connectivity index (χ0v) is 18.1. The summed E-state index contributed by atoms with van der Waals surface area (Å²) in [5, 5.41) is 4.64. The Morgan fingerprint density at radius 3 is 2.81 bits per heavy atom.